The standard InChI is InChI=1S/C20H20BrN3O2S/c1-3-25-18-10-15(16(21)11-19(18)26-4-2)12-22-24-20-23-17(13-27-20)14-8-6-5-7-9-14/h5-13H,3-4H2,1-2H3,(H,23,24). The minimum absolute atomic E-state index is 0.567. The molecule has 0 aliphatic carbocycles. The zero-order chi connectivity index (χ0) is 19.1. The number of hydrogen-bond donors (Lipinski definition) is 1. The van der Waals surface area contributed by atoms with E-state index in [1.807, 2.05) is 61.7 Å². The van der Waals surface area contributed by atoms with Crippen molar-refractivity contribution in [3.8, 4) is 22.8 Å². The predicted octanol–water partition coefficient (Wildman–Crippen LogP) is 5.82. The maximum atomic E-state index is 5.66. The highest BCUT2D eigenvalue weighted by Gasteiger charge is 2.10. The summed E-state index contributed by atoms with van der Waals surface area (Å²) in [6.07, 6.45) is 1.73. The molecule has 0 radical (unpaired) electrons. The number of benzene rings is 2. The number of thiazole rings is 1. The predicted molar refractivity (Wildman–Crippen MR) is 115 cm³/mol. The van der Waals surface area contributed by atoms with Crippen molar-refractivity contribution < 1.29 is 9.47 Å². The summed E-state index contributed by atoms with van der Waals surface area (Å²) in [6, 6.07) is 13.9. The molecule has 3 aromatic rings. The van der Waals surface area contributed by atoms with Crippen molar-refractivity contribution in [1.82, 2.24) is 4.98 Å². The van der Waals surface area contributed by atoms with E-state index in [4.69, 9.17) is 9.47 Å². The quantitative estimate of drug-likeness (QED) is 0.350. The van der Waals surface area contributed by atoms with Crippen molar-refractivity contribution in [3.63, 3.8) is 0 Å². The molecule has 0 saturated carbocycles. The van der Waals surface area contributed by atoms with Crippen molar-refractivity contribution in [2.75, 3.05) is 18.6 Å². The molecule has 0 unspecified atom stereocenters. The number of anilines is 1. The molecule has 0 saturated heterocycles. The fourth-order valence-electron chi connectivity index (χ4n) is 2.41. The Morgan fingerprint density at radius 3 is 2.52 bits per heavy atom. The number of halogens is 1. The highest BCUT2D eigenvalue weighted by Crippen LogP contribution is 2.33. The molecule has 0 bridgehead atoms. The first kappa shape index (κ1) is 19.4. The third-order valence-corrected chi connectivity index (χ3v) is 5.03. The van der Waals surface area contributed by atoms with E-state index in [0.717, 1.165) is 26.4 Å². The molecule has 0 aliphatic rings. The minimum Gasteiger partial charge on any atom is -0.490 e. The Morgan fingerprint density at radius 1 is 1.11 bits per heavy atom. The first-order chi connectivity index (χ1) is 13.2. The monoisotopic (exact) mass is 445 g/mol. The third kappa shape index (κ3) is 5.08. The van der Waals surface area contributed by atoms with Crippen LogP contribution in [-0.2, 0) is 0 Å². The zero-order valence-electron chi connectivity index (χ0n) is 15.1. The molecule has 140 valence electrons. The van der Waals surface area contributed by atoms with Crippen LogP contribution in [0.2, 0.25) is 0 Å². The van der Waals surface area contributed by atoms with Crippen molar-refractivity contribution in [3.05, 3.63) is 57.9 Å². The van der Waals surface area contributed by atoms with Crippen molar-refractivity contribution >= 4 is 38.6 Å². The molecule has 0 fully saturated rings. The molecule has 3 rings (SSSR count). The van der Waals surface area contributed by atoms with Crippen LogP contribution < -0.4 is 14.9 Å². The minimum atomic E-state index is 0.567. The Kier molecular flexibility index (Phi) is 6.84. The fourth-order valence-corrected chi connectivity index (χ4v) is 3.50. The first-order valence-electron chi connectivity index (χ1n) is 8.60. The summed E-state index contributed by atoms with van der Waals surface area (Å²) >= 11 is 5.07. The van der Waals surface area contributed by atoms with Gasteiger partial charge in [0.2, 0.25) is 5.13 Å². The van der Waals surface area contributed by atoms with E-state index < -0.39 is 0 Å². The van der Waals surface area contributed by atoms with Crippen LogP contribution in [0.5, 0.6) is 11.5 Å². The lowest BCUT2D eigenvalue weighted by Crippen LogP contribution is -2.00. The summed E-state index contributed by atoms with van der Waals surface area (Å²) in [5.74, 6) is 1.41. The van der Waals surface area contributed by atoms with Gasteiger partial charge < -0.3 is 9.47 Å². The first-order valence-corrected chi connectivity index (χ1v) is 10.3. The highest BCUT2D eigenvalue weighted by molar-refractivity contribution is 9.10. The van der Waals surface area contributed by atoms with Crippen molar-refractivity contribution in [2.24, 2.45) is 5.10 Å². The van der Waals surface area contributed by atoms with E-state index in [-0.39, 0.29) is 0 Å². The van der Waals surface area contributed by atoms with E-state index in [0.29, 0.717) is 24.7 Å². The second-order valence-electron chi connectivity index (χ2n) is 5.46. The average molecular weight is 446 g/mol. The molecule has 7 heteroatoms. The average Bonchev–Trinajstić information content (AvgIpc) is 3.15. The number of nitrogens with zero attached hydrogens (tertiary/aromatic N) is 2. The van der Waals surface area contributed by atoms with Crippen LogP contribution in [-0.4, -0.2) is 24.4 Å². The molecular formula is C20H20BrN3O2S. The molecule has 1 heterocycles. The molecule has 0 aliphatic heterocycles. The van der Waals surface area contributed by atoms with E-state index in [2.05, 4.69) is 31.4 Å². The van der Waals surface area contributed by atoms with Gasteiger partial charge in [0.25, 0.3) is 0 Å². The fraction of sp³-hybridized carbons (Fsp3) is 0.200. The summed E-state index contributed by atoms with van der Waals surface area (Å²) in [6.45, 7) is 5.04. The third-order valence-electron chi connectivity index (χ3n) is 3.60. The maximum Gasteiger partial charge on any atom is 0.203 e. The second-order valence-corrected chi connectivity index (χ2v) is 7.17. The molecule has 0 amide bonds. The van der Waals surface area contributed by atoms with Gasteiger partial charge in [-0.3, -0.25) is 5.43 Å². The van der Waals surface area contributed by atoms with E-state index in [1.165, 1.54) is 11.3 Å². The van der Waals surface area contributed by atoms with E-state index in [1.54, 1.807) is 6.21 Å². The number of hydrazone groups is 1. The Morgan fingerprint density at radius 2 is 1.81 bits per heavy atom. The number of ether oxygens (including phenoxy) is 2. The van der Waals surface area contributed by atoms with E-state index >= 15 is 0 Å². The van der Waals surface area contributed by atoms with Gasteiger partial charge in [-0.05, 0) is 41.9 Å². The van der Waals surface area contributed by atoms with Crippen LogP contribution in [0.15, 0.2) is 57.4 Å². The Bertz CT molecular complexity index is 913. The van der Waals surface area contributed by atoms with Crippen LogP contribution >= 0.6 is 27.3 Å². The summed E-state index contributed by atoms with van der Waals surface area (Å²) in [7, 11) is 0. The Labute approximate surface area is 171 Å². The summed E-state index contributed by atoms with van der Waals surface area (Å²) in [4.78, 5) is 4.56. The Balaban J connectivity index is 1.73. The van der Waals surface area contributed by atoms with Gasteiger partial charge in [-0.1, -0.05) is 30.3 Å². The molecule has 1 N–H and O–H groups in total. The topological polar surface area (TPSA) is 55.7 Å². The SMILES string of the molecule is CCOc1cc(Br)c(C=NNc2nc(-c3ccccc3)cs2)cc1OCC. The number of hydrogen-bond acceptors (Lipinski definition) is 6. The Hall–Kier alpha value is -2.38. The van der Waals surface area contributed by atoms with Crippen LogP contribution in [0.1, 0.15) is 19.4 Å². The maximum absolute atomic E-state index is 5.66. The normalized spacial score (nSPS) is 10.9. The van der Waals surface area contributed by atoms with Crippen molar-refractivity contribution in [2.45, 2.75) is 13.8 Å². The van der Waals surface area contributed by atoms with Gasteiger partial charge in [0.1, 0.15) is 0 Å². The van der Waals surface area contributed by atoms with Crippen LogP contribution in [0, 0.1) is 0 Å². The lowest BCUT2D eigenvalue weighted by Gasteiger charge is -2.12. The lowest BCUT2D eigenvalue weighted by molar-refractivity contribution is 0.287. The smallest absolute Gasteiger partial charge is 0.203 e. The van der Waals surface area contributed by atoms with Gasteiger partial charge in [-0.25, -0.2) is 4.98 Å². The molecule has 5 nitrogen and oxygen atoms in total. The number of aromatic nitrogens is 1. The lowest BCUT2D eigenvalue weighted by atomic mass is 10.2. The van der Waals surface area contributed by atoms with Crippen molar-refractivity contribution in [1.29, 1.82) is 0 Å². The van der Waals surface area contributed by atoms with Crippen LogP contribution in [0.25, 0.3) is 11.3 Å². The van der Waals surface area contributed by atoms with Gasteiger partial charge >= 0.3 is 0 Å². The molecule has 0 atom stereocenters. The van der Waals surface area contributed by atoms with Crippen LogP contribution in [0.3, 0.4) is 0 Å². The molecule has 2 aromatic carbocycles. The molecule has 0 spiro atoms. The van der Waals surface area contributed by atoms with Gasteiger partial charge in [0, 0.05) is 21.0 Å². The van der Waals surface area contributed by atoms with E-state index in [9.17, 15) is 0 Å². The summed E-state index contributed by atoms with van der Waals surface area (Å²) in [5.41, 5.74) is 5.88. The number of nitrogens with one attached hydrogen (secondary N) is 1. The van der Waals surface area contributed by atoms with Crippen LogP contribution in [0.4, 0.5) is 5.13 Å². The molecular weight excluding hydrogens is 426 g/mol. The largest absolute Gasteiger partial charge is 0.490 e. The molecule has 1 aromatic heterocycles. The van der Waals surface area contributed by atoms with Gasteiger partial charge in [0.15, 0.2) is 11.5 Å². The highest BCUT2D eigenvalue weighted by atomic mass is 79.9. The van der Waals surface area contributed by atoms with Gasteiger partial charge in [0.05, 0.1) is 25.1 Å². The molecule has 27 heavy (non-hydrogen) atoms. The second kappa shape index (κ2) is 9.53. The van der Waals surface area contributed by atoms with Gasteiger partial charge in [-0.15, -0.1) is 11.3 Å². The van der Waals surface area contributed by atoms with Gasteiger partial charge in [-0.2, -0.15) is 5.10 Å². The zero-order valence-corrected chi connectivity index (χ0v) is 17.5. The summed E-state index contributed by atoms with van der Waals surface area (Å²) in [5, 5.41) is 7.04. The number of rotatable bonds is 8. The summed E-state index contributed by atoms with van der Waals surface area (Å²) < 4.78 is 12.2.